The minimum Gasteiger partial charge on any atom is -0.497 e. The number of amides is 2. The molecule has 1 aliphatic rings. The molecule has 0 aliphatic carbocycles. The van der Waals surface area contributed by atoms with Gasteiger partial charge in [0.2, 0.25) is 21.8 Å². The van der Waals surface area contributed by atoms with Gasteiger partial charge in [0.1, 0.15) is 31.5 Å². The fraction of sp³-hybridized carbons (Fsp3) is 0.333. The van der Waals surface area contributed by atoms with Crippen LogP contribution in [0.4, 0.5) is 5.69 Å². The van der Waals surface area contributed by atoms with E-state index in [4.69, 9.17) is 14.2 Å². The topological polar surface area (TPSA) is 114 Å². The number of rotatable bonds is 12. The molecule has 41 heavy (non-hydrogen) atoms. The van der Waals surface area contributed by atoms with Crippen LogP contribution >= 0.6 is 0 Å². The average Bonchev–Trinajstić information content (AvgIpc) is 3.01. The van der Waals surface area contributed by atoms with Crippen LogP contribution < -0.4 is 23.8 Å². The Bertz CT molecular complexity index is 1460. The molecule has 2 amide bonds. The molecule has 1 atom stereocenters. The van der Waals surface area contributed by atoms with E-state index in [9.17, 15) is 18.0 Å². The van der Waals surface area contributed by atoms with Gasteiger partial charge in [0, 0.05) is 26.1 Å². The molecule has 0 fully saturated rings. The number of ether oxygens (including phenoxy) is 3. The lowest BCUT2D eigenvalue weighted by molar-refractivity contribution is -0.139. The maximum absolute atomic E-state index is 14.1. The molecule has 0 aromatic heterocycles. The summed E-state index contributed by atoms with van der Waals surface area (Å²) in [5.41, 5.74) is 1.85. The van der Waals surface area contributed by atoms with Gasteiger partial charge in [-0.2, -0.15) is 0 Å². The zero-order chi connectivity index (χ0) is 29.4. The predicted molar refractivity (Wildman–Crippen MR) is 156 cm³/mol. The Labute approximate surface area is 240 Å². The van der Waals surface area contributed by atoms with Gasteiger partial charge in [-0.15, -0.1) is 0 Å². The molecule has 1 heterocycles. The van der Waals surface area contributed by atoms with E-state index in [2.05, 4.69) is 5.32 Å². The van der Waals surface area contributed by atoms with Gasteiger partial charge < -0.3 is 24.4 Å². The van der Waals surface area contributed by atoms with Crippen LogP contribution in [0.2, 0.25) is 0 Å². The normalized spacial score (nSPS) is 13.1. The molecule has 0 bridgehead atoms. The van der Waals surface area contributed by atoms with Crippen molar-refractivity contribution in [2.75, 3.05) is 44.0 Å². The largest absolute Gasteiger partial charge is 0.497 e. The van der Waals surface area contributed by atoms with E-state index in [-0.39, 0.29) is 30.3 Å². The highest BCUT2D eigenvalue weighted by molar-refractivity contribution is 7.92. The van der Waals surface area contributed by atoms with Gasteiger partial charge in [0.15, 0.2) is 11.5 Å². The molecule has 218 valence electrons. The highest BCUT2D eigenvalue weighted by Crippen LogP contribution is 2.35. The van der Waals surface area contributed by atoms with Crippen molar-refractivity contribution in [1.82, 2.24) is 10.2 Å². The monoisotopic (exact) mass is 581 g/mol. The molecule has 0 saturated heterocycles. The second-order valence-corrected chi connectivity index (χ2v) is 11.6. The van der Waals surface area contributed by atoms with Crippen molar-refractivity contribution in [3.63, 3.8) is 0 Å². The average molecular weight is 582 g/mol. The molecule has 0 unspecified atom stereocenters. The van der Waals surface area contributed by atoms with E-state index in [1.807, 2.05) is 36.4 Å². The number of carbonyl (C=O) groups excluding carboxylic acids is 2. The quantitative estimate of drug-likeness (QED) is 0.350. The number of hydrogen-bond acceptors (Lipinski definition) is 7. The molecule has 0 saturated carbocycles. The van der Waals surface area contributed by atoms with E-state index in [1.54, 1.807) is 43.5 Å². The van der Waals surface area contributed by atoms with Gasteiger partial charge >= 0.3 is 0 Å². The lowest BCUT2D eigenvalue weighted by Crippen LogP contribution is -2.53. The van der Waals surface area contributed by atoms with Crippen molar-refractivity contribution in [2.24, 2.45) is 0 Å². The number of likely N-dealkylation sites (N-methyl/N-ethyl adjacent to an activating group) is 1. The lowest BCUT2D eigenvalue weighted by atomic mass is 10.0. The zero-order valence-corrected chi connectivity index (χ0v) is 24.2. The molecule has 3 aromatic carbocycles. The van der Waals surface area contributed by atoms with E-state index >= 15 is 0 Å². The van der Waals surface area contributed by atoms with Crippen LogP contribution in [0.25, 0.3) is 0 Å². The van der Waals surface area contributed by atoms with E-state index < -0.39 is 28.5 Å². The van der Waals surface area contributed by atoms with Crippen molar-refractivity contribution in [2.45, 2.75) is 25.9 Å². The fourth-order valence-electron chi connectivity index (χ4n) is 4.60. The second-order valence-electron chi connectivity index (χ2n) is 9.43. The molecule has 11 heteroatoms. The smallest absolute Gasteiger partial charge is 0.244 e. The minimum absolute atomic E-state index is 0.0576. The van der Waals surface area contributed by atoms with Crippen LogP contribution in [0.15, 0.2) is 72.8 Å². The summed E-state index contributed by atoms with van der Waals surface area (Å²) in [5.74, 6) is 0.368. The number of sulfonamides is 1. The van der Waals surface area contributed by atoms with Crippen molar-refractivity contribution in [1.29, 1.82) is 0 Å². The summed E-state index contributed by atoms with van der Waals surface area (Å²) in [4.78, 5) is 28.8. The Balaban J connectivity index is 1.73. The number of methoxy groups -OCH3 is 1. The first kappa shape index (κ1) is 29.7. The van der Waals surface area contributed by atoms with Crippen LogP contribution in [0.5, 0.6) is 17.2 Å². The third kappa shape index (κ3) is 7.29. The molecular weight excluding hydrogens is 546 g/mol. The van der Waals surface area contributed by atoms with Gasteiger partial charge in [-0.3, -0.25) is 13.9 Å². The highest BCUT2D eigenvalue weighted by Gasteiger charge is 2.33. The molecule has 1 N–H and O–H groups in total. The number of carbonyl (C=O) groups is 2. The Morgan fingerprint density at radius 2 is 1.66 bits per heavy atom. The predicted octanol–water partition coefficient (Wildman–Crippen LogP) is 3.01. The first-order valence-electron chi connectivity index (χ1n) is 13.3. The lowest BCUT2D eigenvalue weighted by Gasteiger charge is -2.33. The summed E-state index contributed by atoms with van der Waals surface area (Å²) < 4.78 is 44.3. The molecule has 0 radical (unpaired) electrons. The van der Waals surface area contributed by atoms with Crippen LogP contribution in [0.3, 0.4) is 0 Å². The number of fused-ring (bicyclic) bond motifs is 1. The minimum atomic E-state index is -3.89. The van der Waals surface area contributed by atoms with Crippen molar-refractivity contribution < 1.29 is 32.2 Å². The Morgan fingerprint density at radius 1 is 0.951 bits per heavy atom. The molecule has 3 aromatic rings. The Hall–Kier alpha value is -4.25. The van der Waals surface area contributed by atoms with Gasteiger partial charge in [-0.25, -0.2) is 8.42 Å². The van der Waals surface area contributed by atoms with Gasteiger partial charge in [0.05, 0.1) is 18.6 Å². The van der Waals surface area contributed by atoms with Crippen LogP contribution in [0, 0.1) is 0 Å². The number of nitrogens with one attached hydrogen (secondary N) is 1. The molecule has 1 aliphatic heterocycles. The van der Waals surface area contributed by atoms with E-state index in [0.29, 0.717) is 30.5 Å². The number of benzene rings is 3. The maximum Gasteiger partial charge on any atom is 0.244 e. The van der Waals surface area contributed by atoms with Crippen LogP contribution in [-0.2, 0) is 32.6 Å². The highest BCUT2D eigenvalue weighted by atomic mass is 32.2. The number of hydrogen-bond donors (Lipinski definition) is 1. The Kier molecular flexibility index (Phi) is 9.72. The summed E-state index contributed by atoms with van der Waals surface area (Å²) in [6, 6.07) is 20.4. The SMILES string of the molecule is CCS(=O)(=O)N(CC(=O)N(Cc1cccc(OC)c1)[C@H](Cc1ccccc1)C(=O)NC)c1ccc2c(c1)OCCO2. The van der Waals surface area contributed by atoms with E-state index in [0.717, 1.165) is 15.4 Å². The van der Waals surface area contributed by atoms with Gasteiger partial charge in [0.25, 0.3) is 0 Å². The summed E-state index contributed by atoms with van der Waals surface area (Å²) in [7, 11) is -0.835. The summed E-state index contributed by atoms with van der Waals surface area (Å²) in [6.07, 6.45) is 0.237. The van der Waals surface area contributed by atoms with Crippen LogP contribution in [0.1, 0.15) is 18.1 Å². The van der Waals surface area contributed by atoms with Crippen molar-refractivity contribution >= 4 is 27.5 Å². The fourth-order valence-corrected chi connectivity index (χ4v) is 5.65. The van der Waals surface area contributed by atoms with E-state index in [1.165, 1.54) is 18.9 Å². The summed E-state index contributed by atoms with van der Waals surface area (Å²) >= 11 is 0. The first-order chi connectivity index (χ1) is 19.7. The maximum atomic E-state index is 14.1. The second kappa shape index (κ2) is 13.4. The van der Waals surface area contributed by atoms with Gasteiger partial charge in [-0.05, 0) is 42.3 Å². The molecule has 0 spiro atoms. The van der Waals surface area contributed by atoms with Crippen molar-refractivity contribution in [3.8, 4) is 17.2 Å². The first-order valence-corrected chi connectivity index (χ1v) is 14.9. The molecular formula is C30H35N3O7S. The third-order valence-electron chi connectivity index (χ3n) is 6.80. The zero-order valence-electron chi connectivity index (χ0n) is 23.4. The molecule has 4 rings (SSSR count). The standard InChI is InChI=1S/C30H35N3O7S/c1-4-41(36,37)33(24-13-14-27-28(19-24)40-16-15-39-27)21-29(34)32(20-23-11-8-12-25(17-23)38-3)26(30(35)31-2)18-22-9-6-5-7-10-22/h5-14,17,19,26H,4,15-16,18,20-21H2,1-3H3,(H,31,35)/t26-/m1/s1. The summed E-state index contributed by atoms with van der Waals surface area (Å²) in [6.45, 7) is 1.78. The summed E-state index contributed by atoms with van der Waals surface area (Å²) in [5, 5.41) is 2.67. The third-order valence-corrected chi connectivity index (χ3v) is 8.54. The number of nitrogens with zero attached hydrogens (tertiary/aromatic N) is 2. The Morgan fingerprint density at radius 3 is 2.34 bits per heavy atom. The van der Waals surface area contributed by atoms with Crippen LogP contribution in [-0.4, -0.2) is 70.8 Å². The number of anilines is 1. The van der Waals surface area contributed by atoms with Gasteiger partial charge in [-0.1, -0.05) is 42.5 Å². The molecule has 10 nitrogen and oxygen atoms in total. The van der Waals surface area contributed by atoms with Crippen molar-refractivity contribution in [3.05, 3.63) is 83.9 Å².